The fourth-order valence-electron chi connectivity index (χ4n) is 4.31. The molecule has 11 heavy (non-hydrogen) atoms. The monoisotopic (exact) mass is 152 g/mol. The second-order valence-corrected chi connectivity index (χ2v) is 4.84. The summed E-state index contributed by atoms with van der Waals surface area (Å²) in [7, 11) is 0. The van der Waals surface area contributed by atoms with Gasteiger partial charge in [0, 0.05) is 0 Å². The number of hydrogen-bond donors (Lipinski definition) is 0. The molecule has 2 aliphatic carbocycles. The summed E-state index contributed by atoms with van der Waals surface area (Å²) in [6, 6.07) is 0. The van der Waals surface area contributed by atoms with Crippen molar-refractivity contribution in [2.24, 2.45) is 29.1 Å². The van der Waals surface area contributed by atoms with Crippen LogP contribution in [-0.2, 0) is 0 Å². The van der Waals surface area contributed by atoms with Crippen molar-refractivity contribution in [2.45, 2.75) is 40.5 Å². The third-order valence-corrected chi connectivity index (χ3v) is 4.78. The van der Waals surface area contributed by atoms with Crippen LogP contribution >= 0.6 is 0 Å². The van der Waals surface area contributed by atoms with Crippen molar-refractivity contribution in [3.8, 4) is 0 Å². The van der Waals surface area contributed by atoms with E-state index in [2.05, 4.69) is 27.7 Å². The quantitative estimate of drug-likeness (QED) is 0.540. The predicted molar refractivity (Wildman–Crippen MR) is 48.3 cm³/mol. The predicted octanol–water partition coefficient (Wildman–Crippen LogP) is 3.32. The molecule has 0 saturated heterocycles. The highest BCUT2D eigenvalue weighted by Crippen LogP contribution is 2.76. The smallest absolute Gasteiger partial charge is 0.0187 e. The Morgan fingerprint density at radius 3 is 1.91 bits per heavy atom. The number of rotatable bonds is 1. The molecule has 0 radical (unpaired) electrons. The molecule has 2 rings (SSSR count). The second-order valence-electron chi connectivity index (χ2n) is 4.84. The molecule has 0 bridgehead atoms. The van der Waals surface area contributed by atoms with Gasteiger partial charge in [-0.25, -0.2) is 0 Å². The van der Waals surface area contributed by atoms with E-state index in [1.54, 1.807) is 0 Å². The number of hydrogen-bond acceptors (Lipinski definition) is 0. The zero-order valence-electron chi connectivity index (χ0n) is 8.22. The molecule has 0 heterocycles. The van der Waals surface area contributed by atoms with Gasteiger partial charge in [0.2, 0.25) is 0 Å². The zero-order valence-corrected chi connectivity index (χ0v) is 8.22. The van der Waals surface area contributed by atoms with Crippen molar-refractivity contribution in [2.75, 3.05) is 0 Å². The normalized spacial score (nSPS) is 61.1. The lowest BCUT2D eigenvalue weighted by Crippen LogP contribution is -2.37. The van der Waals surface area contributed by atoms with E-state index >= 15 is 0 Å². The van der Waals surface area contributed by atoms with Gasteiger partial charge in [0.05, 0.1) is 0 Å². The lowest BCUT2D eigenvalue weighted by atomic mass is 9.61. The van der Waals surface area contributed by atoms with Crippen LogP contribution in [0.15, 0.2) is 0 Å². The highest BCUT2D eigenvalue weighted by molar-refractivity contribution is 5.18. The SMILES string of the molecule is CCC1C(C)C12C(C)CC2C. The van der Waals surface area contributed by atoms with E-state index < -0.39 is 0 Å². The lowest BCUT2D eigenvalue weighted by molar-refractivity contribution is 0.0448. The standard InChI is InChI=1S/C11H20/c1-5-10-9(4)11(10)7(2)6-8(11)3/h7-10H,5-6H2,1-4H3. The lowest BCUT2D eigenvalue weighted by Gasteiger charge is -2.44. The van der Waals surface area contributed by atoms with Gasteiger partial charge in [-0.2, -0.15) is 0 Å². The largest absolute Gasteiger partial charge is 0.0651 e. The van der Waals surface area contributed by atoms with E-state index in [1.807, 2.05) is 0 Å². The third kappa shape index (κ3) is 0.625. The zero-order chi connectivity index (χ0) is 8.22. The van der Waals surface area contributed by atoms with Gasteiger partial charge < -0.3 is 0 Å². The van der Waals surface area contributed by atoms with E-state index in [0.29, 0.717) is 0 Å². The molecule has 4 atom stereocenters. The summed E-state index contributed by atoms with van der Waals surface area (Å²) in [5.74, 6) is 4.15. The van der Waals surface area contributed by atoms with Gasteiger partial charge in [-0.15, -0.1) is 0 Å². The van der Waals surface area contributed by atoms with Crippen LogP contribution in [0.2, 0.25) is 0 Å². The Kier molecular flexibility index (Phi) is 1.41. The molecule has 0 N–H and O–H groups in total. The summed E-state index contributed by atoms with van der Waals surface area (Å²) in [6.07, 6.45) is 2.90. The van der Waals surface area contributed by atoms with Crippen LogP contribution in [0, 0.1) is 29.1 Å². The Balaban J connectivity index is 2.13. The van der Waals surface area contributed by atoms with Crippen LogP contribution in [0.4, 0.5) is 0 Å². The molecule has 2 saturated carbocycles. The van der Waals surface area contributed by atoms with E-state index in [0.717, 1.165) is 29.1 Å². The molecule has 0 nitrogen and oxygen atoms in total. The first kappa shape index (κ1) is 7.64. The van der Waals surface area contributed by atoms with Crippen molar-refractivity contribution in [1.29, 1.82) is 0 Å². The summed E-state index contributed by atoms with van der Waals surface area (Å²) >= 11 is 0. The average molecular weight is 152 g/mol. The first-order chi connectivity index (χ1) is 5.15. The Morgan fingerprint density at radius 2 is 1.73 bits per heavy atom. The second kappa shape index (κ2) is 2.02. The van der Waals surface area contributed by atoms with Gasteiger partial charge in [-0.3, -0.25) is 0 Å². The maximum atomic E-state index is 2.46. The topological polar surface area (TPSA) is 0 Å². The fraction of sp³-hybridized carbons (Fsp3) is 1.00. The molecule has 2 aliphatic rings. The summed E-state index contributed by atoms with van der Waals surface area (Å²) in [6.45, 7) is 9.71. The molecule has 0 aromatic carbocycles. The van der Waals surface area contributed by atoms with Gasteiger partial charge in [-0.1, -0.05) is 34.1 Å². The van der Waals surface area contributed by atoms with E-state index in [4.69, 9.17) is 0 Å². The van der Waals surface area contributed by atoms with Gasteiger partial charge in [0.25, 0.3) is 0 Å². The molecular weight excluding hydrogens is 132 g/mol. The molecule has 0 heteroatoms. The Morgan fingerprint density at radius 1 is 1.18 bits per heavy atom. The van der Waals surface area contributed by atoms with Gasteiger partial charge >= 0.3 is 0 Å². The highest BCUT2D eigenvalue weighted by atomic mass is 14.7. The maximum absolute atomic E-state index is 2.46. The van der Waals surface area contributed by atoms with Crippen molar-refractivity contribution >= 4 is 0 Å². The Hall–Kier alpha value is 0. The summed E-state index contributed by atoms with van der Waals surface area (Å²) in [4.78, 5) is 0. The van der Waals surface area contributed by atoms with Crippen molar-refractivity contribution in [1.82, 2.24) is 0 Å². The van der Waals surface area contributed by atoms with Gasteiger partial charge in [-0.05, 0) is 35.5 Å². The molecule has 0 aliphatic heterocycles. The van der Waals surface area contributed by atoms with Gasteiger partial charge in [0.1, 0.15) is 0 Å². The van der Waals surface area contributed by atoms with Crippen molar-refractivity contribution in [3.63, 3.8) is 0 Å². The highest BCUT2D eigenvalue weighted by Gasteiger charge is 2.70. The minimum absolute atomic E-state index is 0.814. The minimum atomic E-state index is 0.814. The van der Waals surface area contributed by atoms with Crippen LogP contribution in [0.5, 0.6) is 0 Å². The molecule has 0 aromatic rings. The maximum Gasteiger partial charge on any atom is -0.0187 e. The molecule has 1 spiro atoms. The summed E-state index contributed by atoms with van der Waals surface area (Å²) in [5.41, 5.74) is 0.814. The van der Waals surface area contributed by atoms with E-state index in [9.17, 15) is 0 Å². The first-order valence-corrected chi connectivity index (χ1v) is 5.15. The first-order valence-electron chi connectivity index (χ1n) is 5.15. The Labute approximate surface area is 70.4 Å². The average Bonchev–Trinajstić information content (AvgIpc) is 2.59. The Bertz CT molecular complexity index is 163. The summed E-state index contributed by atoms with van der Waals surface area (Å²) < 4.78 is 0. The van der Waals surface area contributed by atoms with Crippen LogP contribution in [0.3, 0.4) is 0 Å². The molecule has 64 valence electrons. The van der Waals surface area contributed by atoms with Gasteiger partial charge in [0.15, 0.2) is 0 Å². The van der Waals surface area contributed by atoms with Crippen LogP contribution in [0.1, 0.15) is 40.5 Å². The molecule has 2 fully saturated rings. The molecule has 4 unspecified atom stereocenters. The van der Waals surface area contributed by atoms with Crippen LogP contribution < -0.4 is 0 Å². The molecular formula is C11H20. The van der Waals surface area contributed by atoms with E-state index in [1.165, 1.54) is 12.8 Å². The van der Waals surface area contributed by atoms with Crippen LogP contribution in [-0.4, -0.2) is 0 Å². The molecule has 0 aromatic heterocycles. The minimum Gasteiger partial charge on any atom is -0.0651 e. The van der Waals surface area contributed by atoms with Crippen LogP contribution in [0.25, 0.3) is 0 Å². The summed E-state index contributed by atoms with van der Waals surface area (Å²) in [5, 5.41) is 0. The van der Waals surface area contributed by atoms with Crippen molar-refractivity contribution in [3.05, 3.63) is 0 Å². The van der Waals surface area contributed by atoms with Crippen molar-refractivity contribution < 1.29 is 0 Å². The fourth-order valence-corrected chi connectivity index (χ4v) is 4.31. The van der Waals surface area contributed by atoms with E-state index in [-0.39, 0.29) is 0 Å². The third-order valence-electron chi connectivity index (χ3n) is 4.78. The molecule has 0 amide bonds.